The van der Waals surface area contributed by atoms with Gasteiger partial charge in [0.25, 0.3) is 5.91 Å². The zero-order valence-electron chi connectivity index (χ0n) is 10.3. The molecule has 0 radical (unpaired) electrons. The van der Waals surface area contributed by atoms with E-state index in [1.165, 1.54) is 0 Å². The fourth-order valence-corrected chi connectivity index (χ4v) is 1.81. The molecule has 1 saturated carbocycles. The first-order chi connectivity index (χ1) is 9.22. The van der Waals surface area contributed by atoms with Crippen molar-refractivity contribution >= 4 is 11.7 Å². The monoisotopic (exact) mass is 254 g/mol. The van der Waals surface area contributed by atoms with Crippen LogP contribution in [-0.4, -0.2) is 22.1 Å². The van der Waals surface area contributed by atoms with Crippen molar-refractivity contribution < 1.29 is 4.79 Å². The van der Waals surface area contributed by atoms with E-state index < -0.39 is 0 Å². The predicted molar refractivity (Wildman–Crippen MR) is 72.4 cm³/mol. The Morgan fingerprint density at radius 2 is 2.05 bits per heavy atom. The van der Waals surface area contributed by atoms with Crippen LogP contribution in [0.1, 0.15) is 23.2 Å². The van der Waals surface area contributed by atoms with Crippen LogP contribution in [0, 0.1) is 0 Å². The average Bonchev–Trinajstić information content (AvgIpc) is 3.24. The molecule has 0 saturated heterocycles. The lowest BCUT2D eigenvalue weighted by molar-refractivity contribution is 0.0951. The van der Waals surface area contributed by atoms with Crippen LogP contribution in [0.25, 0.3) is 11.3 Å². The van der Waals surface area contributed by atoms with Gasteiger partial charge in [0.2, 0.25) is 0 Å². The summed E-state index contributed by atoms with van der Waals surface area (Å²) in [7, 11) is 0. The number of carbonyl (C=O) groups is 1. The van der Waals surface area contributed by atoms with Gasteiger partial charge in [-0.25, -0.2) is 0 Å². The molecule has 5 nitrogen and oxygen atoms in total. The first-order valence-corrected chi connectivity index (χ1v) is 6.23. The third-order valence-electron chi connectivity index (χ3n) is 3.02. The molecule has 5 heteroatoms. The Morgan fingerprint density at radius 3 is 2.74 bits per heavy atom. The molecule has 96 valence electrons. The van der Waals surface area contributed by atoms with Crippen LogP contribution in [-0.2, 0) is 0 Å². The van der Waals surface area contributed by atoms with Gasteiger partial charge in [-0.2, -0.15) is 0 Å². The Labute approximate surface area is 110 Å². The Kier molecular flexibility index (Phi) is 2.87. The second-order valence-corrected chi connectivity index (χ2v) is 4.67. The third-order valence-corrected chi connectivity index (χ3v) is 3.02. The zero-order valence-corrected chi connectivity index (χ0v) is 10.3. The number of nitrogen functional groups attached to an aromatic ring is 1. The highest BCUT2D eigenvalue weighted by Crippen LogP contribution is 2.21. The standard InChI is InChI=1S/C14H14N4O/c15-13-7-6-12(17-18-13)9-2-1-3-10(8-9)14(19)16-11-4-5-11/h1-3,6-8,11H,4-5H2,(H2,15,18)(H,16,19). The number of carbonyl (C=O) groups excluding carboxylic acids is 1. The summed E-state index contributed by atoms with van der Waals surface area (Å²) < 4.78 is 0. The Balaban J connectivity index is 1.86. The molecule has 1 fully saturated rings. The fraction of sp³-hybridized carbons (Fsp3) is 0.214. The Bertz CT molecular complexity index is 605. The Hall–Kier alpha value is -2.43. The van der Waals surface area contributed by atoms with Crippen molar-refractivity contribution in [2.45, 2.75) is 18.9 Å². The van der Waals surface area contributed by atoms with Gasteiger partial charge in [0.15, 0.2) is 0 Å². The van der Waals surface area contributed by atoms with Crippen molar-refractivity contribution in [2.75, 3.05) is 5.73 Å². The highest BCUT2D eigenvalue weighted by Gasteiger charge is 2.23. The van der Waals surface area contributed by atoms with E-state index in [2.05, 4.69) is 15.5 Å². The van der Waals surface area contributed by atoms with Crippen LogP contribution in [0.15, 0.2) is 36.4 Å². The molecule has 0 aliphatic heterocycles. The van der Waals surface area contributed by atoms with Crippen LogP contribution >= 0.6 is 0 Å². The molecule has 1 aliphatic carbocycles. The van der Waals surface area contributed by atoms with Crippen molar-refractivity contribution in [1.29, 1.82) is 0 Å². The average molecular weight is 254 g/mol. The van der Waals surface area contributed by atoms with E-state index in [9.17, 15) is 4.79 Å². The van der Waals surface area contributed by atoms with Crippen LogP contribution in [0.3, 0.4) is 0 Å². The summed E-state index contributed by atoms with van der Waals surface area (Å²) in [6, 6.07) is 11.2. The van der Waals surface area contributed by atoms with Gasteiger partial charge in [-0.05, 0) is 37.1 Å². The summed E-state index contributed by atoms with van der Waals surface area (Å²) in [5.41, 5.74) is 7.71. The molecule has 3 N–H and O–H groups in total. The van der Waals surface area contributed by atoms with Crippen LogP contribution in [0.2, 0.25) is 0 Å². The summed E-state index contributed by atoms with van der Waals surface area (Å²) in [6.45, 7) is 0. The van der Waals surface area contributed by atoms with Gasteiger partial charge >= 0.3 is 0 Å². The van der Waals surface area contributed by atoms with E-state index in [0.29, 0.717) is 23.1 Å². The minimum absolute atomic E-state index is 0.0345. The van der Waals surface area contributed by atoms with Crippen molar-refractivity contribution in [3.63, 3.8) is 0 Å². The largest absolute Gasteiger partial charge is 0.382 e. The van der Waals surface area contributed by atoms with Gasteiger partial charge in [-0.15, -0.1) is 10.2 Å². The SMILES string of the molecule is Nc1ccc(-c2cccc(C(=O)NC3CC3)c2)nn1. The van der Waals surface area contributed by atoms with Crippen molar-refractivity contribution in [3.8, 4) is 11.3 Å². The smallest absolute Gasteiger partial charge is 0.251 e. The highest BCUT2D eigenvalue weighted by molar-refractivity contribution is 5.95. The number of hydrogen-bond acceptors (Lipinski definition) is 4. The first-order valence-electron chi connectivity index (χ1n) is 6.23. The van der Waals surface area contributed by atoms with E-state index in [1.54, 1.807) is 18.2 Å². The van der Waals surface area contributed by atoms with Gasteiger partial charge < -0.3 is 11.1 Å². The molecule has 0 spiro atoms. The predicted octanol–water partition coefficient (Wildman–Crippen LogP) is 1.62. The lowest BCUT2D eigenvalue weighted by atomic mass is 10.1. The molecule has 1 amide bonds. The number of benzene rings is 1. The van der Waals surface area contributed by atoms with Crippen LogP contribution in [0.5, 0.6) is 0 Å². The van der Waals surface area contributed by atoms with Gasteiger partial charge in [0.05, 0.1) is 5.69 Å². The molecule has 1 aliphatic rings. The zero-order chi connectivity index (χ0) is 13.2. The fourth-order valence-electron chi connectivity index (χ4n) is 1.81. The summed E-state index contributed by atoms with van der Waals surface area (Å²) in [6.07, 6.45) is 2.16. The summed E-state index contributed by atoms with van der Waals surface area (Å²) >= 11 is 0. The Morgan fingerprint density at radius 1 is 1.21 bits per heavy atom. The first kappa shape index (κ1) is 11.6. The third kappa shape index (κ3) is 2.70. The van der Waals surface area contributed by atoms with Crippen molar-refractivity contribution in [3.05, 3.63) is 42.0 Å². The van der Waals surface area contributed by atoms with Crippen molar-refractivity contribution in [2.24, 2.45) is 0 Å². The number of nitrogens with one attached hydrogen (secondary N) is 1. The molecule has 3 rings (SSSR count). The van der Waals surface area contributed by atoms with E-state index in [4.69, 9.17) is 5.73 Å². The molecule has 0 bridgehead atoms. The lowest BCUT2D eigenvalue weighted by Crippen LogP contribution is -2.25. The minimum Gasteiger partial charge on any atom is -0.382 e. The van der Waals surface area contributed by atoms with Crippen LogP contribution in [0.4, 0.5) is 5.82 Å². The number of hydrogen-bond donors (Lipinski definition) is 2. The van der Waals surface area contributed by atoms with Crippen LogP contribution < -0.4 is 11.1 Å². The maximum absolute atomic E-state index is 12.0. The van der Waals surface area contributed by atoms with Gasteiger partial charge in [-0.1, -0.05) is 12.1 Å². The quantitative estimate of drug-likeness (QED) is 0.872. The summed E-state index contributed by atoms with van der Waals surface area (Å²) in [4.78, 5) is 12.0. The second kappa shape index (κ2) is 4.68. The molecule has 1 heterocycles. The molecule has 2 aromatic rings. The summed E-state index contributed by atoms with van der Waals surface area (Å²) in [5.74, 6) is 0.346. The van der Waals surface area contributed by atoms with Crippen molar-refractivity contribution in [1.82, 2.24) is 15.5 Å². The molecule has 1 aromatic heterocycles. The second-order valence-electron chi connectivity index (χ2n) is 4.67. The van der Waals surface area contributed by atoms with Gasteiger partial charge in [0.1, 0.15) is 5.82 Å². The van der Waals surface area contributed by atoms with E-state index >= 15 is 0 Å². The van der Waals surface area contributed by atoms with E-state index in [0.717, 1.165) is 18.4 Å². The number of nitrogens with two attached hydrogens (primary N) is 1. The number of amides is 1. The van der Waals surface area contributed by atoms with E-state index in [1.807, 2.05) is 18.2 Å². The topological polar surface area (TPSA) is 80.9 Å². The number of rotatable bonds is 3. The maximum Gasteiger partial charge on any atom is 0.251 e. The molecule has 0 atom stereocenters. The van der Waals surface area contributed by atoms with E-state index in [-0.39, 0.29) is 5.91 Å². The normalized spacial score (nSPS) is 14.1. The van der Waals surface area contributed by atoms with Gasteiger partial charge in [-0.3, -0.25) is 4.79 Å². The molecular formula is C14H14N4O. The number of nitrogens with zero attached hydrogens (tertiary/aromatic N) is 2. The highest BCUT2D eigenvalue weighted by atomic mass is 16.1. The lowest BCUT2D eigenvalue weighted by Gasteiger charge is -2.05. The molecular weight excluding hydrogens is 240 g/mol. The number of aromatic nitrogens is 2. The van der Waals surface area contributed by atoms with Gasteiger partial charge in [0, 0.05) is 17.2 Å². The molecule has 1 aromatic carbocycles. The molecule has 0 unspecified atom stereocenters. The minimum atomic E-state index is -0.0345. The number of anilines is 1. The summed E-state index contributed by atoms with van der Waals surface area (Å²) in [5, 5.41) is 10.8. The maximum atomic E-state index is 12.0. The molecule has 19 heavy (non-hydrogen) atoms.